The first-order valence-electron chi connectivity index (χ1n) is 11.0. The van der Waals surface area contributed by atoms with Crippen molar-refractivity contribution in [3.8, 4) is 5.75 Å². The van der Waals surface area contributed by atoms with E-state index in [1.165, 1.54) is 16.2 Å². The third kappa shape index (κ3) is 6.17. The van der Waals surface area contributed by atoms with Crippen LogP contribution in [-0.4, -0.2) is 44.5 Å². The number of carbonyl (C=O) groups excluding carboxylic acids is 3. The van der Waals surface area contributed by atoms with E-state index in [2.05, 4.69) is 10.6 Å². The lowest BCUT2D eigenvalue weighted by molar-refractivity contribution is -0.118. The number of methoxy groups -OCH3 is 1. The van der Waals surface area contributed by atoms with Gasteiger partial charge in [0.25, 0.3) is 11.8 Å². The summed E-state index contributed by atoms with van der Waals surface area (Å²) >= 11 is 1.48. The molecule has 1 heterocycles. The number of ketones is 1. The van der Waals surface area contributed by atoms with E-state index in [-0.39, 0.29) is 24.2 Å². The van der Waals surface area contributed by atoms with Crippen LogP contribution in [0, 0.1) is 0 Å². The second-order valence-corrected chi connectivity index (χ2v) is 8.76. The van der Waals surface area contributed by atoms with E-state index in [0.717, 1.165) is 37.7 Å². The van der Waals surface area contributed by atoms with E-state index in [0.29, 0.717) is 41.4 Å². The second kappa shape index (κ2) is 11.8. The minimum absolute atomic E-state index is 0.0592. The molecule has 0 unspecified atom stereocenters. The average molecular weight is 459 g/mol. The molecule has 1 aromatic carbocycles. The zero-order valence-corrected chi connectivity index (χ0v) is 19.4. The van der Waals surface area contributed by atoms with Crippen LogP contribution in [0.5, 0.6) is 5.75 Å². The van der Waals surface area contributed by atoms with Crippen molar-refractivity contribution in [2.45, 2.75) is 45.4 Å². The fourth-order valence-corrected chi connectivity index (χ4v) is 4.96. The number of rotatable bonds is 11. The Bertz CT molecular complexity index is 952. The molecule has 0 saturated carbocycles. The molecule has 0 atom stereocenters. The summed E-state index contributed by atoms with van der Waals surface area (Å²) in [5.41, 5.74) is 2.26. The highest BCUT2D eigenvalue weighted by molar-refractivity contribution is 7.17. The zero-order chi connectivity index (χ0) is 22.9. The van der Waals surface area contributed by atoms with Gasteiger partial charge in [-0.25, -0.2) is 0 Å². The van der Waals surface area contributed by atoms with Crippen molar-refractivity contribution in [2.75, 3.05) is 32.2 Å². The van der Waals surface area contributed by atoms with Gasteiger partial charge in [0.15, 0.2) is 12.4 Å². The number of carbonyl (C=O) groups is 3. The first-order chi connectivity index (χ1) is 15.5. The first-order valence-corrected chi connectivity index (χ1v) is 11.8. The van der Waals surface area contributed by atoms with Crippen molar-refractivity contribution in [3.05, 3.63) is 45.8 Å². The molecule has 0 fully saturated rings. The summed E-state index contributed by atoms with van der Waals surface area (Å²) in [7, 11) is 1.63. The van der Waals surface area contributed by atoms with Gasteiger partial charge in [-0.3, -0.25) is 14.4 Å². The molecule has 0 aliphatic heterocycles. The highest BCUT2D eigenvalue weighted by Gasteiger charge is 2.26. The Morgan fingerprint density at radius 1 is 1.09 bits per heavy atom. The van der Waals surface area contributed by atoms with E-state index in [1.807, 2.05) is 6.92 Å². The minimum atomic E-state index is -0.328. The van der Waals surface area contributed by atoms with Gasteiger partial charge in [-0.15, -0.1) is 11.3 Å². The Labute approximate surface area is 192 Å². The number of thiophene rings is 1. The SMILES string of the molecule is CCC(=O)c1ccc(OCC(=O)Nc2sc3c(c2C(=O)NCCCOC)CCCC3)cc1. The molecule has 7 nitrogen and oxygen atoms in total. The van der Waals surface area contributed by atoms with Crippen molar-refractivity contribution >= 4 is 33.9 Å². The molecule has 32 heavy (non-hydrogen) atoms. The number of anilines is 1. The standard InChI is InChI=1S/C24H30N2O5S/c1-3-19(27)16-9-11-17(12-10-16)31-15-21(28)26-24-22(23(29)25-13-6-14-30-2)18-7-4-5-8-20(18)32-24/h9-12H,3-8,13-15H2,1-2H3,(H,25,29)(H,26,28). The third-order valence-corrected chi connectivity index (χ3v) is 6.54. The summed E-state index contributed by atoms with van der Waals surface area (Å²) < 4.78 is 10.6. The average Bonchev–Trinajstić information content (AvgIpc) is 3.18. The van der Waals surface area contributed by atoms with Crippen molar-refractivity contribution in [1.29, 1.82) is 0 Å². The molecule has 3 rings (SSSR count). The highest BCUT2D eigenvalue weighted by atomic mass is 32.1. The van der Waals surface area contributed by atoms with Crippen LogP contribution < -0.4 is 15.4 Å². The largest absolute Gasteiger partial charge is 0.484 e. The molecular formula is C24H30N2O5S. The van der Waals surface area contributed by atoms with Crippen LogP contribution in [0.2, 0.25) is 0 Å². The number of fused-ring (bicyclic) bond motifs is 1. The second-order valence-electron chi connectivity index (χ2n) is 7.66. The normalized spacial score (nSPS) is 12.7. The quantitative estimate of drug-likeness (QED) is 0.392. The summed E-state index contributed by atoms with van der Waals surface area (Å²) in [6, 6.07) is 6.74. The molecule has 2 N–H and O–H groups in total. The summed E-state index contributed by atoms with van der Waals surface area (Å²) in [6.45, 7) is 2.73. The smallest absolute Gasteiger partial charge is 0.262 e. The Kier molecular flexibility index (Phi) is 8.81. The molecule has 172 valence electrons. The van der Waals surface area contributed by atoms with Gasteiger partial charge >= 0.3 is 0 Å². The monoisotopic (exact) mass is 458 g/mol. The Balaban J connectivity index is 1.64. The Morgan fingerprint density at radius 2 is 1.84 bits per heavy atom. The molecule has 1 aromatic heterocycles. The maximum atomic E-state index is 12.9. The van der Waals surface area contributed by atoms with E-state index in [9.17, 15) is 14.4 Å². The maximum absolute atomic E-state index is 12.9. The Morgan fingerprint density at radius 3 is 2.56 bits per heavy atom. The van der Waals surface area contributed by atoms with Crippen LogP contribution in [0.15, 0.2) is 24.3 Å². The van der Waals surface area contributed by atoms with Gasteiger partial charge < -0.3 is 20.1 Å². The molecule has 8 heteroatoms. The van der Waals surface area contributed by atoms with Gasteiger partial charge in [0.2, 0.25) is 0 Å². The fraction of sp³-hybridized carbons (Fsp3) is 0.458. The lowest BCUT2D eigenvalue weighted by Gasteiger charge is -2.13. The molecule has 2 aromatic rings. The van der Waals surface area contributed by atoms with Gasteiger partial charge in [0.1, 0.15) is 10.8 Å². The summed E-state index contributed by atoms with van der Waals surface area (Å²) in [5.74, 6) is 0.0806. The molecule has 1 aliphatic carbocycles. The molecular weight excluding hydrogens is 428 g/mol. The van der Waals surface area contributed by atoms with Crippen molar-refractivity contribution in [3.63, 3.8) is 0 Å². The number of hydrogen-bond acceptors (Lipinski definition) is 6. The predicted molar refractivity (Wildman–Crippen MR) is 125 cm³/mol. The molecule has 0 spiro atoms. The van der Waals surface area contributed by atoms with Crippen LogP contribution in [-0.2, 0) is 22.4 Å². The van der Waals surface area contributed by atoms with Gasteiger partial charge in [-0.05, 0) is 61.9 Å². The van der Waals surface area contributed by atoms with Crippen molar-refractivity contribution < 1.29 is 23.9 Å². The van der Waals surface area contributed by atoms with Crippen LogP contribution >= 0.6 is 11.3 Å². The van der Waals surface area contributed by atoms with E-state index in [4.69, 9.17) is 9.47 Å². The third-order valence-electron chi connectivity index (χ3n) is 5.33. The molecule has 2 amide bonds. The van der Waals surface area contributed by atoms with Crippen molar-refractivity contribution in [2.24, 2.45) is 0 Å². The number of hydrogen-bond donors (Lipinski definition) is 2. The minimum Gasteiger partial charge on any atom is -0.484 e. The topological polar surface area (TPSA) is 93.7 Å². The van der Waals surface area contributed by atoms with E-state index >= 15 is 0 Å². The van der Waals surface area contributed by atoms with Gasteiger partial charge in [0.05, 0.1) is 5.56 Å². The number of benzene rings is 1. The van der Waals surface area contributed by atoms with Gasteiger partial charge in [0, 0.05) is 37.1 Å². The summed E-state index contributed by atoms with van der Waals surface area (Å²) in [6.07, 6.45) is 5.08. The van der Waals surface area contributed by atoms with E-state index in [1.54, 1.807) is 31.4 Å². The summed E-state index contributed by atoms with van der Waals surface area (Å²) in [4.78, 5) is 38.3. The van der Waals surface area contributed by atoms with Crippen LogP contribution in [0.3, 0.4) is 0 Å². The van der Waals surface area contributed by atoms with Gasteiger partial charge in [-0.1, -0.05) is 6.92 Å². The van der Waals surface area contributed by atoms with Crippen LogP contribution in [0.25, 0.3) is 0 Å². The van der Waals surface area contributed by atoms with Crippen LogP contribution in [0.1, 0.15) is 63.8 Å². The molecule has 0 saturated heterocycles. The lowest BCUT2D eigenvalue weighted by atomic mass is 9.95. The molecule has 0 bridgehead atoms. The zero-order valence-electron chi connectivity index (χ0n) is 18.6. The summed E-state index contributed by atoms with van der Waals surface area (Å²) in [5, 5.41) is 6.39. The number of Topliss-reactive ketones (excluding diaryl/α,β-unsaturated/α-hetero) is 1. The fourth-order valence-electron chi connectivity index (χ4n) is 3.65. The van der Waals surface area contributed by atoms with Crippen LogP contribution in [0.4, 0.5) is 5.00 Å². The number of amides is 2. The molecule has 1 aliphatic rings. The van der Waals surface area contributed by atoms with Crippen molar-refractivity contribution in [1.82, 2.24) is 5.32 Å². The number of nitrogens with one attached hydrogen (secondary N) is 2. The van der Waals surface area contributed by atoms with E-state index < -0.39 is 0 Å². The van der Waals surface area contributed by atoms with Gasteiger partial charge in [-0.2, -0.15) is 0 Å². The lowest BCUT2D eigenvalue weighted by Crippen LogP contribution is -2.28. The maximum Gasteiger partial charge on any atom is 0.262 e. The highest BCUT2D eigenvalue weighted by Crippen LogP contribution is 2.38. The number of aryl methyl sites for hydroxylation is 1. The first kappa shape index (κ1) is 23.9. The predicted octanol–water partition coefficient (Wildman–Crippen LogP) is 4.00. The molecule has 0 radical (unpaired) electrons. The number of ether oxygens (including phenoxy) is 2. The Hall–Kier alpha value is -2.71.